The first-order valence-electron chi connectivity index (χ1n) is 5.69. The number of nitrogens with one attached hydrogen (secondary N) is 1. The van der Waals surface area contributed by atoms with Crippen molar-refractivity contribution in [2.75, 3.05) is 19.0 Å². The molecule has 3 N–H and O–H groups in total. The number of aromatic nitrogens is 1. The second-order valence-electron chi connectivity index (χ2n) is 3.85. The topological polar surface area (TPSA) is 77.2 Å². The van der Waals surface area contributed by atoms with Gasteiger partial charge in [0, 0.05) is 13.3 Å². The summed E-state index contributed by atoms with van der Waals surface area (Å²) in [6.07, 6.45) is 3.60. The van der Waals surface area contributed by atoms with Gasteiger partial charge < -0.3 is 15.8 Å². The molecule has 17 heavy (non-hydrogen) atoms. The van der Waals surface area contributed by atoms with Gasteiger partial charge in [-0.15, -0.1) is 0 Å². The van der Waals surface area contributed by atoms with Crippen LogP contribution in [0.4, 0.5) is 5.82 Å². The molecule has 0 saturated carbocycles. The monoisotopic (exact) mass is 237 g/mol. The third-order valence-corrected chi connectivity index (χ3v) is 2.42. The molecule has 0 fully saturated rings. The quantitative estimate of drug-likeness (QED) is 0.751. The molecule has 0 aromatic carbocycles. The van der Waals surface area contributed by atoms with E-state index in [-0.39, 0.29) is 6.04 Å². The highest BCUT2D eigenvalue weighted by molar-refractivity contribution is 5.97. The van der Waals surface area contributed by atoms with Crippen molar-refractivity contribution < 1.29 is 9.53 Å². The van der Waals surface area contributed by atoms with Gasteiger partial charge in [-0.2, -0.15) is 0 Å². The van der Waals surface area contributed by atoms with Gasteiger partial charge in [-0.1, -0.05) is 13.3 Å². The summed E-state index contributed by atoms with van der Waals surface area (Å²) in [6.45, 7) is 2.67. The summed E-state index contributed by atoms with van der Waals surface area (Å²) < 4.78 is 5.12. The molecule has 1 heterocycles. The fourth-order valence-electron chi connectivity index (χ4n) is 1.66. The molecule has 5 nitrogen and oxygen atoms in total. The van der Waals surface area contributed by atoms with Gasteiger partial charge in [0.2, 0.25) is 0 Å². The van der Waals surface area contributed by atoms with Crippen molar-refractivity contribution in [2.45, 2.75) is 25.8 Å². The second-order valence-corrected chi connectivity index (χ2v) is 3.85. The molecule has 5 heteroatoms. The maximum Gasteiger partial charge on any atom is 0.252 e. The van der Waals surface area contributed by atoms with Gasteiger partial charge in [0.05, 0.1) is 18.2 Å². The molecule has 1 aromatic heterocycles. The number of nitrogens with zero attached hydrogens (tertiary/aromatic N) is 1. The van der Waals surface area contributed by atoms with Gasteiger partial charge in [-0.3, -0.25) is 4.79 Å². The Hall–Kier alpha value is -1.62. The molecule has 0 aliphatic rings. The maximum absolute atomic E-state index is 11.2. The van der Waals surface area contributed by atoms with Gasteiger partial charge in [0.25, 0.3) is 5.91 Å². The number of methoxy groups -OCH3 is 1. The number of amides is 1. The average Bonchev–Trinajstić information content (AvgIpc) is 2.30. The van der Waals surface area contributed by atoms with E-state index in [0.29, 0.717) is 18.0 Å². The normalized spacial score (nSPS) is 12.1. The highest BCUT2D eigenvalue weighted by Gasteiger charge is 2.13. The molecule has 0 saturated heterocycles. The van der Waals surface area contributed by atoms with E-state index in [1.165, 1.54) is 0 Å². The summed E-state index contributed by atoms with van der Waals surface area (Å²) in [5, 5.41) is 3.19. The van der Waals surface area contributed by atoms with E-state index in [9.17, 15) is 4.79 Å². The summed E-state index contributed by atoms with van der Waals surface area (Å²) in [7, 11) is 1.65. The van der Waals surface area contributed by atoms with E-state index >= 15 is 0 Å². The lowest BCUT2D eigenvalue weighted by Gasteiger charge is -2.18. The number of nitrogens with two attached hydrogens (primary N) is 1. The summed E-state index contributed by atoms with van der Waals surface area (Å²) in [4.78, 5) is 15.4. The third kappa shape index (κ3) is 4.03. The molecule has 0 bridgehead atoms. The van der Waals surface area contributed by atoms with Crippen molar-refractivity contribution >= 4 is 11.7 Å². The van der Waals surface area contributed by atoms with Crippen molar-refractivity contribution in [2.24, 2.45) is 5.73 Å². The Bertz CT molecular complexity index is 363. The first kappa shape index (κ1) is 13.4. The van der Waals surface area contributed by atoms with Gasteiger partial charge in [-0.05, 0) is 18.6 Å². The van der Waals surface area contributed by atoms with Crippen molar-refractivity contribution in [1.82, 2.24) is 4.98 Å². The third-order valence-electron chi connectivity index (χ3n) is 2.42. The van der Waals surface area contributed by atoms with Crippen LogP contribution in [0.2, 0.25) is 0 Å². The van der Waals surface area contributed by atoms with E-state index in [4.69, 9.17) is 10.5 Å². The largest absolute Gasteiger partial charge is 0.383 e. The lowest BCUT2D eigenvalue weighted by Crippen LogP contribution is -2.27. The standard InChI is InChI=1S/C12H19N3O2/c1-3-5-9(8-17-2)15-12-10(11(13)16)6-4-7-14-12/h4,6-7,9H,3,5,8H2,1-2H3,(H2,13,16)(H,14,15). The van der Waals surface area contributed by atoms with E-state index in [1.807, 2.05) is 0 Å². The molecule has 0 aliphatic carbocycles. The SMILES string of the molecule is CCCC(COC)Nc1ncccc1C(N)=O. The van der Waals surface area contributed by atoms with Gasteiger partial charge in [0.1, 0.15) is 5.82 Å². The van der Waals surface area contributed by atoms with E-state index < -0.39 is 5.91 Å². The summed E-state index contributed by atoms with van der Waals surface area (Å²) >= 11 is 0. The summed E-state index contributed by atoms with van der Waals surface area (Å²) in [5.41, 5.74) is 5.70. The number of hydrogen-bond donors (Lipinski definition) is 2. The minimum Gasteiger partial charge on any atom is -0.383 e. The Kier molecular flexibility index (Phi) is 5.42. The molecule has 1 aromatic rings. The number of carbonyl (C=O) groups is 1. The number of ether oxygens (including phenoxy) is 1. The number of hydrogen-bond acceptors (Lipinski definition) is 4. The van der Waals surface area contributed by atoms with Crippen molar-refractivity contribution in [3.05, 3.63) is 23.9 Å². The molecule has 1 rings (SSSR count). The molecule has 0 radical (unpaired) electrons. The molecule has 0 aliphatic heterocycles. The van der Waals surface area contributed by atoms with Crippen LogP contribution in [0.1, 0.15) is 30.1 Å². The predicted molar refractivity (Wildman–Crippen MR) is 66.9 cm³/mol. The fraction of sp³-hybridized carbons (Fsp3) is 0.500. The molecule has 94 valence electrons. The van der Waals surface area contributed by atoms with Crippen LogP contribution in [0, 0.1) is 0 Å². The van der Waals surface area contributed by atoms with Gasteiger partial charge in [0.15, 0.2) is 0 Å². The number of pyridine rings is 1. The van der Waals surface area contributed by atoms with Crippen LogP contribution in [0.3, 0.4) is 0 Å². The molecule has 1 unspecified atom stereocenters. The lowest BCUT2D eigenvalue weighted by atomic mass is 10.1. The number of rotatable bonds is 7. The molecular weight excluding hydrogens is 218 g/mol. The summed E-state index contributed by atoms with van der Waals surface area (Å²) in [6, 6.07) is 3.49. The molecule has 1 atom stereocenters. The zero-order chi connectivity index (χ0) is 12.7. The zero-order valence-electron chi connectivity index (χ0n) is 10.3. The van der Waals surface area contributed by atoms with Crippen LogP contribution in [0.15, 0.2) is 18.3 Å². The van der Waals surface area contributed by atoms with Gasteiger partial charge >= 0.3 is 0 Å². The highest BCUT2D eigenvalue weighted by Crippen LogP contribution is 2.13. The second kappa shape index (κ2) is 6.85. The van der Waals surface area contributed by atoms with Crippen LogP contribution in [0.5, 0.6) is 0 Å². The highest BCUT2D eigenvalue weighted by atomic mass is 16.5. The average molecular weight is 237 g/mol. The van der Waals surface area contributed by atoms with Crippen molar-refractivity contribution in [3.63, 3.8) is 0 Å². The summed E-state index contributed by atoms with van der Waals surface area (Å²) in [5.74, 6) is 0.0452. The molecule has 1 amide bonds. The van der Waals surface area contributed by atoms with E-state index in [2.05, 4.69) is 17.2 Å². The van der Waals surface area contributed by atoms with E-state index in [1.54, 1.807) is 25.4 Å². The zero-order valence-corrected chi connectivity index (χ0v) is 10.3. The van der Waals surface area contributed by atoms with Gasteiger partial charge in [-0.25, -0.2) is 4.98 Å². The lowest BCUT2D eigenvalue weighted by molar-refractivity contribution is 0.100. The number of anilines is 1. The number of primary amides is 1. The smallest absolute Gasteiger partial charge is 0.252 e. The first-order chi connectivity index (χ1) is 8.19. The Labute approximate surface area is 101 Å². The first-order valence-corrected chi connectivity index (χ1v) is 5.69. The maximum atomic E-state index is 11.2. The van der Waals surface area contributed by atoms with Crippen LogP contribution in [-0.2, 0) is 4.74 Å². The van der Waals surface area contributed by atoms with Crippen LogP contribution < -0.4 is 11.1 Å². The van der Waals surface area contributed by atoms with Crippen LogP contribution in [-0.4, -0.2) is 30.6 Å². The minimum absolute atomic E-state index is 0.137. The molecular formula is C12H19N3O2. The fourth-order valence-corrected chi connectivity index (χ4v) is 1.66. The van der Waals surface area contributed by atoms with E-state index in [0.717, 1.165) is 12.8 Å². The molecule has 0 spiro atoms. The Morgan fingerprint density at radius 1 is 1.65 bits per heavy atom. The van der Waals surface area contributed by atoms with Crippen LogP contribution in [0.25, 0.3) is 0 Å². The Morgan fingerprint density at radius 3 is 3.00 bits per heavy atom. The number of carbonyl (C=O) groups excluding carboxylic acids is 1. The van der Waals surface area contributed by atoms with Crippen molar-refractivity contribution in [3.8, 4) is 0 Å². The van der Waals surface area contributed by atoms with Crippen molar-refractivity contribution in [1.29, 1.82) is 0 Å². The van der Waals surface area contributed by atoms with Crippen LogP contribution >= 0.6 is 0 Å². The predicted octanol–water partition coefficient (Wildman–Crippen LogP) is 1.41. The Balaban J connectivity index is 2.80. The minimum atomic E-state index is -0.478. The Morgan fingerprint density at radius 2 is 2.41 bits per heavy atom.